The summed E-state index contributed by atoms with van der Waals surface area (Å²) in [7, 11) is 0. The Bertz CT molecular complexity index is 122. The molecule has 0 bridgehead atoms. The van der Waals surface area contributed by atoms with E-state index in [1.165, 1.54) is 0 Å². The summed E-state index contributed by atoms with van der Waals surface area (Å²) < 4.78 is 0. The Kier molecular flexibility index (Phi) is 2.90. The van der Waals surface area contributed by atoms with Crippen molar-refractivity contribution in [3.8, 4) is 0 Å². The van der Waals surface area contributed by atoms with Gasteiger partial charge in [0.1, 0.15) is 0 Å². The van der Waals surface area contributed by atoms with Crippen LogP contribution < -0.4 is 0 Å². The maximum absolute atomic E-state index is 9.13. The van der Waals surface area contributed by atoms with Gasteiger partial charge in [0.05, 0.1) is 6.10 Å². The first-order valence-electron chi connectivity index (χ1n) is 3.84. The molecule has 0 aromatic heterocycles. The van der Waals surface area contributed by atoms with Crippen LogP contribution in [0, 0.1) is 0 Å². The minimum atomic E-state index is -0.0785. The normalized spacial score (nSPS) is 28.4. The highest BCUT2D eigenvalue weighted by molar-refractivity contribution is 4.84. The molecular weight excluding hydrogens is 126 g/mol. The van der Waals surface area contributed by atoms with Crippen LogP contribution in [-0.4, -0.2) is 35.7 Å². The van der Waals surface area contributed by atoms with Crippen molar-refractivity contribution in [2.45, 2.75) is 19.4 Å². The lowest BCUT2D eigenvalue weighted by Gasteiger charge is -2.10. The third-order valence-electron chi connectivity index (χ3n) is 1.85. The van der Waals surface area contributed by atoms with Gasteiger partial charge in [0.15, 0.2) is 0 Å². The summed E-state index contributed by atoms with van der Waals surface area (Å²) in [4.78, 5) is 2.25. The van der Waals surface area contributed by atoms with E-state index in [4.69, 9.17) is 5.11 Å². The lowest BCUT2D eigenvalue weighted by atomic mass is 10.3. The fraction of sp³-hybridized carbons (Fsp3) is 0.750. The molecule has 1 atom stereocenters. The molecule has 1 rings (SSSR count). The van der Waals surface area contributed by atoms with Gasteiger partial charge in [-0.2, -0.15) is 0 Å². The monoisotopic (exact) mass is 141 g/mol. The molecule has 0 spiro atoms. The minimum absolute atomic E-state index is 0.0785. The lowest BCUT2D eigenvalue weighted by molar-refractivity contribution is 0.179. The molecule has 0 aromatic carbocycles. The quantitative estimate of drug-likeness (QED) is 0.570. The van der Waals surface area contributed by atoms with Gasteiger partial charge in [-0.15, -0.1) is 0 Å². The first kappa shape index (κ1) is 7.76. The van der Waals surface area contributed by atoms with Crippen LogP contribution in [0.4, 0.5) is 0 Å². The molecule has 10 heavy (non-hydrogen) atoms. The number of aliphatic hydroxyl groups excluding tert-OH is 1. The van der Waals surface area contributed by atoms with Crippen LogP contribution in [0.3, 0.4) is 0 Å². The van der Waals surface area contributed by atoms with Crippen molar-refractivity contribution >= 4 is 0 Å². The largest absolute Gasteiger partial charge is 0.392 e. The number of hydrogen-bond donors (Lipinski definition) is 1. The number of rotatable bonds is 2. The number of aliphatic hydroxyl groups is 1. The second-order valence-electron chi connectivity index (χ2n) is 2.77. The van der Waals surface area contributed by atoms with Crippen LogP contribution in [0.25, 0.3) is 0 Å². The maximum atomic E-state index is 9.13. The number of likely N-dealkylation sites (tertiary alicyclic amines) is 1. The highest BCUT2D eigenvalue weighted by Crippen LogP contribution is 2.07. The molecule has 0 radical (unpaired) electrons. The average Bonchev–Trinajstić information content (AvgIpc) is 2.31. The molecule has 1 fully saturated rings. The predicted octanol–water partition coefficient (Wildman–Crippen LogP) is 0.629. The van der Waals surface area contributed by atoms with Gasteiger partial charge < -0.3 is 5.11 Å². The molecule has 0 saturated carbocycles. The Labute approximate surface area is 62.2 Å². The molecule has 0 aromatic rings. The maximum Gasteiger partial charge on any atom is 0.0679 e. The highest BCUT2D eigenvalue weighted by atomic mass is 16.3. The highest BCUT2D eigenvalue weighted by Gasteiger charge is 2.17. The van der Waals surface area contributed by atoms with E-state index in [1.54, 1.807) is 0 Å². The smallest absolute Gasteiger partial charge is 0.0679 e. The summed E-state index contributed by atoms with van der Waals surface area (Å²) in [5.74, 6) is 0. The van der Waals surface area contributed by atoms with Crippen LogP contribution >= 0.6 is 0 Å². The number of nitrogens with zero attached hydrogens (tertiary/aromatic N) is 1. The molecule has 1 aliphatic rings. The summed E-state index contributed by atoms with van der Waals surface area (Å²) in [6.07, 6.45) is 5.03. The van der Waals surface area contributed by atoms with Crippen molar-refractivity contribution in [2.24, 2.45) is 0 Å². The molecule has 0 amide bonds. The van der Waals surface area contributed by atoms with Gasteiger partial charge >= 0.3 is 0 Å². The van der Waals surface area contributed by atoms with Crippen molar-refractivity contribution < 1.29 is 5.11 Å². The molecule has 1 heterocycles. The van der Waals surface area contributed by atoms with E-state index in [0.717, 1.165) is 26.1 Å². The van der Waals surface area contributed by atoms with E-state index >= 15 is 0 Å². The van der Waals surface area contributed by atoms with Crippen LogP contribution in [-0.2, 0) is 0 Å². The fourth-order valence-electron chi connectivity index (χ4n) is 1.23. The molecule has 0 unspecified atom stereocenters. The Morgan fingerprint density at radius 2 is 2.50 bits per heavy atom. The van der Waals surface area contributed by atoms with E-state index in [2.05, 4.69) is 11.0 Å². The Hall–Kier alpha value is -0.340. The van der Waals surface area contributed by atoms with E-state index in [1.807, 2.05) is 13.0 Å². The number of hydrogen-bond acceptors (Lipinski definition) is 2. The van der Waals surface area contributed by atoms with Crippen molar-refractivity contribution in [3.05, 3.63) is 12.2 Å². The first-order chi connectivity index (χ1) is 4.83. The second-order valence-corrected chi connectivity index (χ2v) is 2.77. The summed E-state index contributed by atoms with van der Waals surface area (Å²) in [5, 5.41) is 9.13. The topological polar surface area (TPSA) is 23.5 Å². The van der Waals surface area contributed by atoms with E-state index in [-0.39, 0.29) is 6.10 Å². The summed E-state index contributed by atoms with van der Waals surface area (Å²) in [5.41, 5.74) is 0. The van der Waals surface area contributed by atoms with Crippen molar-refractivity contribution in [2.75, 3.05) is 19.6 Å². The molecule has 2 heteroatoms. The fourth-order valence-corrected chi connectivity index (χ4v) is 1.23. The van der Waals surface area contributed by atoms with E-state index in [9.17, 15) is 0 Å². The zero-order chi connectivity index (χ0) is 7.40. The van der Waals surface area contributed by atoms with Gasteiger partial charge in [0.25, 0.3) is 0 Å². The number of β-amino-alcohol motifs (C(OH)–C–C–N with tert-alkyl or cyclic N) is 1. The predicted molar refractivity (Wildman–Crippen MR) is 41.9 cm³/mol. The zero-order valence-corrected chi connectivity index (χ0v) is 6.45. The van der Waals surface area contributed by atoms with E-state index in [0.29, 0.717) is 0 Å². The summed E-state index contributed by atoms with van der Waals surface area (Å²) in [6, 6.07) is 0. The molecule has 1 saturated heterocycles. The van der Waals surface area contributed by atoms with Crippen LogP contribution in [0.2, 0.25) is 0 Å². The van der Waals surface area contributed by atoms with Crippen molar-refractivity contribution in [1.82, 2.24) is 4.90 Å². The van der Waals surface area contributed by atoms with Gasteiger partial charge in [-0.05, 0) is 13.3 Å². The summed E-state index contributed by atoms with van der Waals surface area (Å²) in [6.45, 7) is 4.91. The lowest BCUT2D eigenvalue weighted by Crippen LogP contribution is -2.21. The van der Waals surface area contributed by atoms with Crippen LogP contribution in [0.15, 0.2) is 12.2 Å². The molecule has 1 N–H and O–H groups in total. The van der Waals surface area contributed by atoms with Crippen LogP contribution in [0.1, 0.15) is 13.3 Å². The molecule has 1 aliphatic heterocycles. The average molecular weight is 141 g/mol. The minimum Gasteiger partial charge on any atom is -0.392 e. The van der Waals surface area contributed by atoms with Gasteiger partial charge in [0, 0.05) is 19.6 Å². The first-order valence-corrected chi connectivity index (χ1v) is 3.84. The van der Waals surface area contributed by atoms with Crippen molar-refractivity contribution in [3.63, 3.8) is 0 Å². The standard InChI is InChI=1S/C8H15NO/c1-2-3-5-9-6-4-8(10)7-9/h2-3,8,10H,4-7H2,1H3/t8-/m1/s1. The van der Waals surface area contributed by atoms with Gasteiger partial charge in [-0.3, -0.25) is 4.90 Å². The van der Waals surface area contributed by atoms with Gasteiger partial charge in [0.2, 0.25) is 0 Å². The molecule has 0 aliphatic carbocycles. The third-order valence-corrected chi connectivity index (χ3v) is 1.85. The Balaban J connectivity index is 2.18. The van der Waals surface area contributed by atoms with Crippen molar-refractivity contribution in [1.29, 1.82) is 0 Å². The van der Waals surface area contributed by atoms with Gasteiger partial charge in [-0.25, -0.2) is 0 Å². The molecular formula is C8H15NO. The zero-order valence-electron chi connectivity index (χ0n) is 6.45. The Morgan fingerprint density at radius 1 is 1.70 bits per heavy atom. The number of allylic oxidation sites excluding steroid dienone is 1. The SMILES string of the molecule is CC=CCN1CC[C@@H](O)C1. The third kappa shape index (κ3) is 2.12. The second kappa shape index (κ2) is 3.74. The molecule has 58 valence electrons. The van der Waals surface area contributed by atoms with Crippen LogP contribution in [0.5, 0.6) is 0 Å². The summed E-state index contributed by atoms with van der Waals surface area (Å²) >= 11 is 0. The molecule has 2 nitrogen and oxygen atoms in total. The van der Waals surface area contributed by atoms with E-state index < -0.39 is 0 Å². The Morgan fingerprint density at radius 3 is 3.00 bits per heavy atom. The van der Waals surface area contributed by atoms with Gasteiger partial charge in [-0.1, -0.05) is 12.2 Å².